The number of nitrogens with one attached hydrogen (secondary N) is 1. The highest BCUT2D eigenvalue weighted by Crippen LogP contribution is 2.40. The predicted octanol–water partition coefficient (Wildman–Crippen LogP) is 3.54. The van der Waals surface area contributed by atoms with Gasteiger partial charge < -0.3 is 15.3 Å². The van der Waals surface area contributed by atoms with Crippen LogP contribution < -0.4 is 5.32 Å². The standard InChI is InChI=1S/C24H36FN3O5S/c1-5-6-17(14-28(23(30)31)24(2,3)4)22(29)26-21-12-7-16-13-27(15-20(16)21)34(32,33)19-10-8-18(25)9-11-19/h8-11,16-17,20-21H,5-7,12-15H2,1-4H3,(H,26,29)(H,30,31)/t16-,17-,20+,21+/m0/s1. The van der Waals surface area contributed by atoms with Gasteiger partial charge in [0.05, 0.1) is 10.8 Å². The third-order valence-corrected chi connectivity index (χ3v) is 8.90. The largest absolute Gasteiger partial charge is 0.465 e. The van der Waals surface area contributed by atoms with Crippen molar-refractivity contribution in [2.75, 3.05) is 19.6 Å². The highest BCUT2D eigenvalue weighted by molar-refractivity contribution is 7.89. The molecule has 2 N–H and O–H groups in total. The van der Waals surface area contributed by atoms with E-state index in [0.29, 0.717) is 19.5 Å². The van der Waals surface area contributed by atoms with Crippen LogP contribution in [0.5, 0.6) is 0 Å². The molecule has 1 heterocycles. The van der Waals surface area contributed by atoms with Crippen molar-refractivity contribution in [3.8, 4) is 0 Å². The molecule has 1 aliphatic carbocycles. The number of rotatable bonds is 8. The molecular weight excluding hydrogens is 461 g/mol. The number of carbonyl (C=O) groups is 2. The first-order chi connectivity index (χ1) is 15.8. The van der Waals surface area contributed by atoms with Crippen molar-refractivity contribution in [3.63, 3.8) is 0 Å². The van der Waals surface area contributed by atoms with Gasteiger partial charge in [0.15, 0.2) is 0 Å². The Hall–Kier alpha value is -2.20. The lowest BCUT2D eigenvalue weighted by Crippen LogP contribution is -2.51. The predicted molar refractivity (Wildman–Crippen MR) is 126 cm³/mol. The number of sulfonamides is 1. The molecule has 10 heteroatoms. The minimum atomic E-state index is -3.73. The van der Waals surface area contributed by atoms with Crippen LogP contribution in [-0.2, 0) is 14.8 Å². The second-order valence-electron chi connectivity index (χ2n) is 10.4. The lowest BCUT2D eigenvalue weighted by atomic mass is 9.95. The fourth-order valence-corrected chi connectivity index (χ4v) is 6.70. The van der Waals surface area contributed by atoms with Gasteiger partial charge in [0, 0.05) is 31.2 Å². The van der Waals surface area contributed by atoms with Crippen molar-refractivity contribution >= 4 is 22.0 Å². The Morgan fingerprint density at radius 2 is 1.85 bits per heavy atom. The fourth-order valence-electron chi connectivity index (χ4n) is 5.17. The van der Waals surface area contributed by atoms with Crippen molar-refractivity contribution in [2.24, 2.45) is 17.8 Å². The van der Waals surface area contributed by atoms with E-state index in [1.807, 2.05) is 6.92 Å². The summed E-state index contributed by atoms with van der Waals surface area (Å²) in [6.07, 6.45) is 1.84. The van der Waals surface area contributed by atoms with E-state index in [1.165, 1.54) is 21.3 Å². The van der Waals surface area contributed by atoms with Crippen molar-refractivity contribution < 1.29 is 27.5 Å². The molecule has 0 spiro atoms. The Kier molecular flexibility index (Phi) is 7.92. The van der Waals surface area contributed by atoms with Gasteiger partial charge >= 0.3 is 6.09 Å². The van der Waals surface area contributed by atoms with Gasteiger partial charge in [-0.3, -0.25) is 4.79 Å². The van der Waals surface area contributed by atoms with Gasteiger partial charge in [0.1, 0.15) is 5.82 Å². The quantitative estimate of drug-likeness (QED) is 0.571. The number of benzene rings is 1. The third-order valence-electron chi connectivity index (χ3n) is 7.05. The van der Waals surface area contributed by atoms with Gasteiger partial charge in [-0.15, -0.1) is 0 Å². The van der Waals surface area contributed by atoms with Crippen LogP contribution in [0.15, 0.2) is 29.2 Å². The monoisotopic (exact) mass is 497 g/mol. The molecule has 0 radical (unpaired) electrons. The Morgan fingerprint density at radius 1 is 1.21 bits per heavy atom. The Balaban J connectivity index is 1.68. The second-order valence-corrected chi connectivity index (χ2v) is 12.4. The molecule has 2 fully saturated rings. The zero-order valence-electron chi connectivity index (χ0n) is 20.3. The molecule has 1 aromatic rings. The minimum Gasteiger partial charge on any atom is -0.465 e. The van der Waals surface area contributed by atoms with E-state index in [4.69, 9.17) is 0 Å². The highest BCUT2D eigenvalue weighted by atomic mass is 32.2. The van der Waals surface area contributed by atoms with E-state index >= 15 is 0 Å². The van der Waals surface area contributed by atoms with Crippen molar-refractivity contribution in [1.29, 1.82) is 0 Å². The van der Waals surface area contributed by atoms with Crippen LogP contribution >= 0.6 is 0 Å². The van der Waals surface area contributed by atoms with Crippen molar-refractivity contribution in [3.05, 3.63) is 30.1 Å². The Morgan fingerprint density at radius 3 is 2.41 bits per heavy atom. The van der Waals surface area contributed by atoms with Gasteiger partial charge in [0.25, 0.3) is 0 Å². The molecule has 2 amide bonds. The number of halogens is 1. The van der Waals surface area contributed by atoms with Crippen LogP contribution in [0.3, 0.4) is 0 Å². The van der Waals surface area contributed by atoms with E-state index in [2.05, 4.69) is 5.32 Å². The highest BCUT2D eigenvalue weighted by Gasteiger charge is 2.47. The van der Waals surface area contributed by atoms with Crippen LogP contribution in [-0.4, -0.2) is 65.9 Å². The number of carboxylic acid groups (broad SMARTS) is 1. The maximum absolute atomic E-state index is 13.2. The molecule has 190 valence electrons. The van der Waals surface area contributed by atoms with Crippen LogP contribution in [0.2, 0.25) is 0 Å². The first-order valence-electron chi connectivity index (χ1n) is 11.9. The Bertz CT molecular complexity index is 993. The molecule has 0 aromatic heterocycles. The van der Waals surface area contributed by atoms with Gasteiger partial charge in [-0.2, -0.15) is 4.31 Å². The summed E-state index contributed by atoms with van der Waals surface area (Å²) in [5, 5.41) is 12.8. The lowest BCUT2D eigenvalue weighted by molar-refractivity contribution is -0.127. The zero-order valence-corrected chi connectivity index (χ0v) is 21.1. The van der Waals surface area contributed by atoms with Gasteiger partial charge in [0.2, 0.25) is 15.9 Å². The molecule has 1 aliphatic heterocycles. The molecule has 0 bridgehead atoms. The normalized spacial score (nSPS) is 24.0. The van der Waals surface area contributed by atoms with Crippen LogP contribution in [0.25, 0.3) is 0 Å². The number of fused-ring (bicyclic) bond motifs is 1. The van der Waals surface area contributed by atoms with Crippen molar-refractivity contribution in [1.82, 2.24) is 14.5 Å². The Labute approximate surface area is 201 Å². The molecule has 1 aromatic carbocycles. The maximum Gasteiger partial charge on any atom is 0.407 e. The second kappa shape index (κ2) is 10.2. The minimum absolute atomic E-state index is 0.000331. The van der Waals surface area contributed by atoms with E-state index in [-0.39, 0.29) is 35.2 Å². The zero-order chi connectivity index (χ0) is 25.3. The number of hydrogen-bond acceptors (Lipinski definition) is 4. The summed E-state index contributed by atoms with van der Waals surface area (Å²) >= 11 is 0. The topological polar surface area (TPSA) is 107 Å². The van der Waals surface area contributed by atoms with Gasteiger partial charge in [-0.25, -0.2) is 17.6 Å². The van der Waals surface area contributed by atoms with E-state index in [0.717, 1.165) is 31.4 Å². The summed E-state index contributed by atoms with van der Waals surface area (Å²) in [7, 11) is -3.73. The van der Waals surface area contributed by atoms with E-state index in [9.17, 15) is 27.5 Å². The van der Waals surface area contributed by atoms with Gasteiger partial charge in [-0.1, -0.05) is 13.3 Å². The summed E-state index contributed by atoms with van der Waals surface area (Å²) in [5.74, 6) is -0.993. The third kappa shape index (κ3) is 5.71. The summed E-state index contributed by atoms with van der Waals surface area (Å²) in [6.45, 7) is 8.17. The SMILES string of the molecule is CCC[C@@H](CN(C(=O)O)C(C)(C)C)C(=O)N[C@@H]1CC[C@H]2CN(S(=O)(=O)c3ccc(F)cc3)C[C@H]21. The number of nitrogens with zero attached hydrogens (tertiary/aromatic N) is 2. The number of amides is 2. The summed E-state index contributed by atoms with van der Waals surface area (Å²) in [4.78, 5) is 26.3. The maximum atomic E-state index is 13.2. The molecule has 1 saturated carbocycles. The molecular formula is C24H36FN3O5S. The van der Waals surface area contributed by atoms with Crippen LogP contribution in [0, 0.1) is 23.6 Å². The van der Waals surface area contributed by atoms with E-state index < -0.39 is 33.4 Å². The first-order valence-corrected chi connectivity index (χ1v) is 13.3. The van der Waals surface area contributed by atoms with Crippen LogP contribution in [0.1, 0.15) is 53.4 Å². The summed E-state index contributed by atoms with van der Waals surface area (Å²) < 4.78 is 40.7. The van der Waals surface area contributed by atoms with E-state index in [1.54, 1.807) is 20.8 Å². The molecule has 8 nitrogen and oxygen atoms in total. The smallest absolute Gasteiger partial charge is 0.407 e. The number of carbonyl (C=O) groups excluding carboxylic acids is 1. The molecule has 34 heavy (non-hydrogen) atoms. The molecule has 4 atom stereocenters. The fraction of sp³-hybridized carbons (Fsp3) is 0.667. The average molecular weight is 498 g/mol. The number of hydrogen-bond donors (Lipinski definition) is 2. The first kappa shape index (κ1) is 26.4. The summed E-state index contributed by atoms with van der Waals surface area (Å²) in [6, 6.07) is 4.67. The average Bonchev–Trinajstić information content (AvgIpc) is 3.32. The van der Waals surface area contributed by atoms with Crippen molar-refractivity contribution in [2.45, 2.75) is 69.9 Å². The van der Waals surface area contributed by atoms with Gasteiger partial charge in [-0.05, 0) is 76.1 Å². The lowest BCUT2D eigenvalue weighted by Gasteiger charge is -2.36. The molecule has 2 aliphatic rings. The van der Waals surface area contributed by atoms with Crippen LogP contribution in [0.4, 0.5) is 9.18 Å². The molecule has 0 unspecified atom stereocenters. The summed E-state index contributed by atoms with van der Waals surface area (Å²) in [5.41, 5.74) is -0.628. The molecule has 3 rings (SSSR count). The molecule has 1 saturated heterocycles.